The Morgan fingerprint density at radius 3 is 2.64 bits per heavy atom. The number of amides is 2. The fourth-order valence-electron chi connectivity index (χ4n) is 2.65. The molecule has 0 aromatic heterocycles. The Kier molecular flexibility index (Phi) is 8.61. The third-order valence-electron chi connectivity index (χ3n) is 4.04. The topological polar surface area (TPSA) is 106 Å². The maximum Gasteiger partial charge on any atom is 0.315 e. The molecule has 0 bridgehead atoms. The summed E-state index contributed by atoms with van der Waals surface area (Å²) in [7, 11) is -1.90. The standard InChI is InChI=1S/C17H26ClN3O6S/c1-3-27-16-14(18)10-13(11-15(16)25-2)12-20-17(22)19-4-9-28(23,24)21-5-7-26-8-6-21/h10-11H,3-9,12H2,1-2H3,(H2,19,20,22). The third kappa shape index (κ3) is 6.40. The first-order valence-electron chi connectivity index (χ1n) is 8.94. The van der Waals surface area contributed by atoms with Crippen LogP contribution in [0.3, 0.4) is 0 Å². The van der Waals surface area contributed by atoms with E-state index in [-0.39, 0.29) is 18.8 Å². The van der Waals surface area contributed by atoms with E-state index in [0.29, 0.717) is 49.4 Å². The van der Waals surface area contributed by atoms with Crippen molar-refractivity contribution in [3.05, 3.63) is 22.7 Å². The van der Waals surface area contributed by atoms with Gasteiger partial charge in [-0.3, -0.25) is 0 Å². The molecule has 0 saturated carbocycles. The van der Waals surface area contributed by atoms with Crippen LogP contribution in [0, 0.1) is 0 Å². The highest BCUT2D eigenvalue weighted by molar-refractivity contribution is 7.89. The first-order valence-corrected chi connectivity index (χ1v) is 10.9. The van der Waals surface area contributed by atoms with Gasteiger partial charge in [-0.2, -0.15) is 4.31 Å². The molecule has 11 heteroatoms. The molecule has 1 fully saturated rings. The van der Waals surface area contributed by atoms with Crippen LogP contribution in [0.4, 0.5) is 4.79 Å². The summed E-state index contributed by atoms with van der Waals surface area (Å²) in [6.45, 7) is 3.97. The highest BCUT2D eigenvalue weighted by Gasteiger charge is 2.23. The molecule has 1 aromatic carbocycles. The van der Waals surface area contributed by atoms with Gasteiger partial charge in [0.25, 0.3) is 0 Å². The van der Waals surface area contributed by atoms with Gasteiger partial charge in [-0.1, -0.05) is 11.6 Å². The van der Waals surface area contributed by atoms with E-state index in [2.05, 4.69) is 10.6 Å². The molecule has 0 atom stereocenters. The lowest BCUT2D eigenvalue weighted by molar-refractivity contribution is 0.0730. The second-order valence-electron chi connectivity index (χ2n) is 5.98. The fraction of sp³-hybridized carbons (Fsp3) is 0.588. The summed E-state index contributed by atoms with van der Waals surface area (Å²) in [4.78, 5) is 11.9. The number of urea groups is 1. The van der Waals surface area contributed by atoms with Crippen molar-refractivity contribution in [3.63, 3.8) is 0 Å². The molecule has 0 unspecified atom stereocenters. The Labute approximate surface area is 170 Å². The van der Waals surface area contributed by atoms with Gasteiger partial charge in [-0.25, -0.2) is 13.2 Å². The van der Waals surface area contributed by atoms with Crippen LogP contribution in [-0.2, 0) is 21.3 Å². The summed E-state index contributed by atoms with van der Waals surface area (Å²) in [5.41, 5.74) is 0.724. The van der Waals surface area contributed by atoms with Gasteiger partial charge in [-0.15, -0.1) is 0 Å². The number of nitrogens with zero attached hydrogens (tertiary/aromatic N) is 1. The minimum atomic E-state index is -3.41. The summed E-state index contributed by atoms with van der Waals surface area (Å²) >= 11 is 6.20. The number of methoxy groups -OCH3 is 1. The van der Waals surface area contributed by atoms with Gasteiger partial charge in [0, 0.05) is 26.2 Å². The van der Waals surface area contributed by atoms with Crippen molar-refractivity contribution in [2.24, 2.45) is 0 Å². The summed E-state index contributed by atoms with van der Waals surface area (Å²) in [5, 5.41) is 5.59. The summed E-state index contributed by atoms with van der Waals surface area (Å²) in [5.74, 6) is 0.764. The molecule has 1 aliphatic heterocycles. The van der Waals surface area contributed by atoms with Crippen LogP contribution in [0.2, 0.25) is 5.02 Å². The molecule has 9 nitrogen and oxygen atoms in total. The molecule has 0 spiro atoms. The van der Waals surface area contributed by atoms with Gasteiger partial charge in [0.1, 0.15) is 0 Å². The Hall–Kier alpha value is -1.75. The van der Waals surface area contributed by atoms with Gasteiger partial charge in [0.05, 0.1) is 37.7 Å². The Bertz CT molecular complexity index is 768. The number of benzene rings is 1. The second kappa shape index (κ2) is 10.7. The van der Waals surface area contributed by atoms with Crippen LogP contribution in [0.15, 0.2) is 12.1 Å². The molecule has 2 N–H and O–H groups in total. The van der Waals surface area contributed by atoms with E-state index in [4.69, 9.17) is 25.8 Å². The summed E-state index contributed by atoms with van der Waals surface area (Å²) in [6, 6.07) is 2.93. The van der Waals surface area contributed by atoms with Crippen molar-refractivity contribution < 1.29 is 27.4 Å². The van der Waals surface area contributed by atoms with Crippen LogP contribution < -0.4 is 20.1 Å². The van der Waals surface area contributed by atoms with Gasteiger partial charge in [0.15, 0.2) is 11.5 Å². The molecule has 2 amide bonds. The molecule has 1 aromatic rings. The predicted molar refractivity (Wildman–Crippen MR) is 106 cm³/mol. The van der Waals surface area contributed by atoms with Crippen molar-refractivity contribution in [2.45, 2.75) is 13.5 Å². The lowest BCUT2D eigenvalue weighted by Crippen LogP contribution is -2.44. The maximum absolute atomic E-state index is 12.2. The zero-order chi connectivity index (χ0) is 20.6. The molecular formula is C17H26ClN3O6S. The number of carbonyl (C=O) groups excluding carboxylic acids is 1. The number of carbonyl (C=O) groups is 1. The van der Waals surface area contributed by atoms with E-state index in [1.165, 1.54) is 11.4 Å². The van der Waals surface area contributed by atoms with E-state index in [9.17, 15) is 13.2 Å². The normalized spacial score (nSPS) is 15.1. The van der Waals surface area contributed by atoms with Crippen molar-refractivity contribution in [3.8, 4) is 11.5 Å². The number of halogens is 1. The van der Waals surface area contributed by atoms with E-state index in [1.54, 1.807) is 12.1 Å². The lowest BCUT2D eigenvalue weighted by atomic mass is 10.2. The summed E-state index contributed by atoms with van der Waals surface area (Å²) in [6.07, 6.45) is 0. The van der Waals surface area contributed by atoms with Crippen molar-refractivity contribution in [1.82, 2.24) is 14.9 Å². The first-order chi connectivity index (χ1) is 13.4. The summed E-state index contributed by atoms with van der Waals surface area (Å²) < 4.78 is 41.6. The minimum absolute atomic E-state index is 0.0128. The minimum Gasteiger partial charge on any atom is -0.493 e. The van der Waals surface area contributed by atoms with E-state index in [0.717, 1.165) is 5.56 Å². The second-order valence-corrected chi connectivity index (χ2v) is 8.47. The van der Waals surface area contributed by atoms with E-state index < -0.39 is 16.1 Å². The number of hydrogen-bond acceptors (Lipinski definition) is 6. The zero-order valence-electron chi connectivity index (χ0n) is 16.0. The highest BCUT2D eigenvalue weighted by Crippen LogP contribution is 2.36. The van der Waals surface area contributed by atoms with Crippen LogP contribution in [0.1, 0.15) is 12.5 Å². The average molecular weight is 436 g/mol. The third-order valence-corrected chi connectivity index (χ3v) is 6.19. The van der Waals surface area contributed by atoms with E-state index in [1.807, 2.05) is 6.92 Å². The van der Waals surface area contributed by atoms with Crippen LogP contribution in [0.5, 0.6) is 11.5 Å². The largest absolute Gasteiger partial charge is 0.493 e. The Morgan fingerprint density at radius 2 is 2.00 bits per heavy atom. The first kappa shape index (κ1) is 22.5. The van der Waals surface area contributed by atoms with E-state index >= 15 is 0 Å². The SMILES string of the molecule is CCOc1c(Cl)cc(CNC(=O)NCCS(=O)(=O)N2CCOCC2)cc1OC. The highest BCUT2D eigenvalue weighted by atomic mass is 35.5. The molecule has 0 aliphatic carbocycles. The lowest BCUT2D eigenvalue weighted by Gasteiger charge is -2.26. The van der Waals surface area contributed by atoms with Crippen LogP contribution in [0.25, 0.3) is 0 Å². The van der Waals surface area contributed by atoms with Gasteiger partial charge < -0.3 is 24.8 Å². The van der Waals surface area contributed by atoms with Gasteiger partial charge in [0.2, 0.25) is 10.0 Å². The molecule has 1 heterocycles. The van der Waals surface area contributed by atoms with Crippen LogP contribution in [-0.4, -0.2) is 71.1 Å². The zero-order valence-corrected chi connectivity index (χ0v) is 17.6. The predicted octanol–water partition coefficient (Wildman–Crippen LogP) is 1.21. The number of sulfonamides is 1. The van der Waals surface area contributed by atoms with Gasteiger partial charge in [-0.05, 0) is 24.6 Å². The molecular weight excluding hydrogens is 410 g/mol. The smallest absolute Gasteiger partial charge is 0.315 e. The molecule has 0 radical (unpaired) electrons. The molecule has 2 rings (SSSR count). The molecule has 1 saturated heterocycles. The number of hydrogen-bond donors (Lipinski definition) is 2. The molecule has 1 aliphatic rings. The quantitative estimate of drug-likeness (QED) is 0.603. The maximum atomic E-state index is 12.2. The van der Waals surface area contributed by atoms with Crippen molar-refractivity contribution in [2.75, 3.05) is 52.3 Å². The monoisotopic (exact) mass is 435 g/mol. The number of ether oxygens (including phenoxy) is 3. The van der Waals surface area contributed by atoms with Crippen LogP contribution >= 0.6 is 11.6 Å². The Morgan fingerprint density at radius 1 is 1.29 bits per heavy atom. The van der Waals surface area contributed by atoms with Crippen molar-refractivity contribution in [1.29, 1.82) is 0 Å². The fourth-order valence-corrected chi connectivity index (χ4v) is 4.26. The van der Waals surface area contributed by atoms with Gasteiger partial charge >= 0.3 is 6.03 Å². The number of morpholine rings is 1. The molecule has 158 valence electrons. The average Bonchev–Trinajstić information content (AvgIpc) is 2.68. The number of rotatable bonds is 9. The number of nitrogens with one attached hydrogen (secondary N) is 2. The van der Waals surface area contributed by atoms with Crippen molar-refractivity contribution >= 4 is 27.7 Å². The Balaban J connectivity index is 1.81. The molecule has 28 heavy (non-hydrogen) atoms.